The lowest BCUT2D eigenvalue weighted by Gasteiger charge is -2.36. The maximum absolute atomic E-state index is 12.3. The van der Waals surface area contributed by atoms with Gasteiger partial charge >= 0.3 is 0 Å². The molecule has 1 heterocycles. The first kappa shape index (κ1) is 18.7. The summed E-state index contributed by atoms with van der Waals surface area (Å²) in [6.07, 6.45) is 2.34. The maximum Gasteiger partial charge on any atom is 0.193 e. The normalized spacial score (nSPS) is 18.2. The number of guanidine groups is 1. The van der Waals surface area contributed by atoms with E-state index >= 15 is 0 Å². The summed E-state index contributed by atoms with van der Waals surface area (Å²) in [5.41, 5.74) is 1.17. The minimum absolute atomic E-state index is 0.348. The molecule has 0 aromatic heterocycles. The Labute approximate surface area is 144 Å². The Morgan fingerprint density at radius 1 is 1.29 bits per heavy atom. The first-order valence-electron chi connectivity index (χ1n) is 8.11. The Balaban J connectivity index is 2.04. The van der Waals surface area contributed by atoms with Gasteiger partial charge < -0.3 is 15.0 Å². The molecule has 0 atom stereocenters. The van der Waals surface area contributed by atoms with Crippen molar-refractivity contribution in [2.45, 2.75) is 24.1 Å². The average Bonchev–Trinajstić information content (AvgIpc) is 2.56. The highest BCUT2D eigenvalue weighted by Gasteiger charge is 2.42. The molecule has 2 rings (SSSR count). The third-order valence-corrected chi connectivity index (χ3v) is 6.72. The van der Waals surface area contributed by atoms with Crippen molar-refractivity contribution in [2.24, 2.45) is 4.99 Å². The fourth-order valence-corrected chi connectivity index (χ4v) is 4.22. The van der Waals surface area contributed by atoms with Crippen molar-refractivity contribution in [1.29, 1.82) is 0 Å². The summed E-state index contributed by atoms with van der Waals surface area (Å²) in [4.78, 5) is 6.28. The van der Waals surface area contributed by atoms with Crippen LogP contribution in [-0.2, 0) is 21.1 Å². The second-order valence-corrected chi connectivity index (χ2v) is 8.72. The molecule has 6 nitrogen and oxygen atoms in total. The molecule has 0 amide bonds. The van der Waals surface area contributed by atoms with E-state index in [1.54, 1.807) is 7.05 Å². The van der Waals surface area contributed by atoms with Gasteiger partial charge in [-0.3, -0.25) is 4.99 Å². The van der Waals surface area contributed by atoms with Crippen molar-refractivity contribution in [3.05, 3.63) is 35.9 Å². The van der Waals surface area contributed by atoms with Crippen LogP contribution in [-0.4, -0.2) is 64.1 Å². The number of hydrogen-bond acceptors (Lipinski definition) is 4. The second kappa shape index (κ2) is 7.98. The van der Waals surface area contributed by atoms with Crippen LogP contribution < -0.4 is 5.32 Å². The van der Waals surface area contributed by atoms with Crippen LogP contribution in [0.2, 0.25) is 0 Å². The first-order valence-corrected chi connectivity index (χ1v) is 10.0. The number of benzene rings is 1. The average molecular weight is 353 g/mol. The molecule has 0 unspecified atom stereocenters. The second-order valence-electron chi connectivity index (χ2n) is 6.31. The zero-order valence-electron chi connectivity index (χ0n) is 14.7. The van der Waals surface area contributed by atoms with Crippen LogP contribution in [0.1, 0.15) is 18.4 Å². The molecule has 0 saturated carbocycles. The summed E-state index contributed by atoms with van der Waals surface area (Å²) in [6.45, 7) is 2.01. The highest BCUT2D eigenvalue weighted by molar-refractivity contribution is 7.92. The molecule has 24 heavy (non-hydrogen) atoms. The topological polar surface area (TPSA) is 71.0 Å². The van der Waals surface area contributed by atoms with E-state index in [1.807, 2.05) is 30.1 Å². The third kappa shape index (κ3) is 4.48. The van der Waals surface area contributed by atoms with Crippen molar-refractivity contribution >= 4 is 15.8 Å². The van der Waals surface area contributed by atoms with E-state index in [-0.39, 0.29) is 0 Å². The lowest BCUT2D eigenvalue weighted by atomic mass is 9.99. The predicted octanol–water partition coefficient (Wildman–Crippen LogP) is 1.29. The number of nitrogens with zero attached hydrogens (tertiary/aromatic N) is 2. The fourth-order valence-electron chi connectivity index (χ4n) is 2.98. The van der Waals surface area contributed by atoms with Crippen LogP contribution >= 0.6 is 0 Å². The molecule has 1 aromatic carbocycles. The maximum atomic E-state index is 12.3. The fraction of sp³-hybridized carbons (Fsp3) is 0.588. The monoisotopic (exact) mass is 353 g/mol. The molecule has 0 bridgehead atoms. The molecule has 1 aromatic rings. The molecule has 0 spiro atoms. The molecule has 1 saturated heterocycles. The SMILES string of the molecule is CN=C(NCC1(S(C)(=O)=O)CCOCC1)N(C)Cc1ccccc1. The Morgan fingerprint density at radius 2 is 1.92 bits per heavy atom. The van der Waals surface area contributed by atoms with Crippen molar-refractivity contribution < 1.29 is 13.2 Å². The van der Waals surface area contributed by atoms with Crippen LogP contribution in [0.5, 0.6) is 0 Å². The quantitative estimate of drug-likeness (QED) is 0.638. The molecule has 1 N–H and O–H groups in total. The zero-order chi connectivity index (χ0) is 17.6. The summed E-state index contributed by atoms with van der Waals surface area (Å²) in [5, 5.41) is 3.25. The standard InChI is InChI=1S/C17H27N3O3S/c1-18-16(20(2)13-15-7-5-4-6-8-15)19-14-17(24(3,21)22)9-11-23-12-10-17/h4-8H,9-14H2,1-3H3,(H,18,19). The first-order chi connectivity index (χ1) is 11.4. The van der Waals surface area contributed by atoms with Crippen LogP contribution in [0.15, 0.2) is 35.3 Å². The van der Waals surface area contributed by atoms with Crippen LogP contribution in [0.3, 0.4) is 0 Å². The molecular weight excluding hydrogens is 326 g/mol. The third-order valence-electron chi connectivity index (χ3n) is 4.60. The van der Waals surface area contributed by atoms with Crippen molar-refractivity contribution in [3.8, 4) is 0 Å². The predicted molar refractivity (Wildman–Crippen MR) is 96.9 cm³/mol. The summed E-state index contributed by atoms with van der Waals surface area (Å²) in [7, 11) is 0.461. The largest absolute Gasteiger partial charge is 0.381 e. The van der Waals surface area contributed by atoms with Gasteiger partial charge in [0, 0.05) is 46.7 Å². The minimum atomic E-state index is -3.19. The number of rotatable bonds is 5. The van der Waals surface area contributed by atoms with E-state index in [0.29, 0.717) is 45.1 Å². The number of sulfone groups is 1. The molecule has 1 aliphatic rings. The van der Waals surface area contributed by atoms with Crippen molar-refractivity contribution in [2.75, 3.05) is 40.1 Å². The van der Waals surface area contributed by atoms with Crippen molar-refractivity contribution in [3.63, 3.8) is 0 Å². The number of hydrogen-bond donors (Lipinski definition) is 1. The smallest absolute Gasteiger partial charge is 0.193 e. The van der Waals surface area contributed by atoms with Gasteiger partial charge in [-0.1, -0.05) is 30.3 Å². The highest BCUT2D eigenvalue weighted by Crippen LogP contribution is 2.28. The number of nitrogens with one attached hydrogen (secondary N) is 1. The van der Waals surface area contributed by atoms with E-state index in [4.69, 9.17) is 4.74 Å². The van der Waals surface area contributed by atoms with Crippen LogP contribution in [0, 0.1) is 0 Å². The van der Waals surface area contributed by atoms with Gasteiger partial charge in [-0.05, 0) is 18.4 Å². The van der Waals surface area contributed by atoms with Crippen LogP contribution in [0.25, 0.3) is 0 Å². The summed E-state index contributed by atoms with van der Waals surface area (Å²) < 4.78 is 29.2. The molecule has 1 aliphatic heterocycles. The lowest BCUT2D eigenvalue weighted by Crippen LogP contribution is -2.53. The van der Waals surface area contributed by atoms with Gasteiger partial charge in [0.2, 0.25) is 0 Å². The van der Waals surface area contributed by atoms with E-state index in [0.717, 1.165) is 0 Å². The molecule has 1 fully saturated rings. The summed E-state index contributed by atoms with van der Waals surface area (Å²) >= 11 is 0. The van der Waals surface area contributed by atoms with Gasteiger partial charge in [-0.15, -0.1) is 0 Å². The molecule has 134 valence electrons. The Kier molecular flexibility index (Phi) is 6.23. The Bertz CT molecular complexity index is 653. The molecule has 0 radical (unpaired) electrons. The van der Waals surface area contributed by atoms with Gasteiger partial charge in [-0.2, -0.15) is 0 Å². The minimum Gasteiger partial charge on any atom is -0.381 e. The van der Waals surface area contributed by atoms with Crippen molar-refractivity contribution in [1.82, 2.24) is 10.2 Å². The molecule has 7 heteroatoms. The summed E-state index contributed by atoms with van der Waals surface area (Å²) in [6, 6.07) is 10.1. The van der Waals surface area contributed by atoms with E-state index in [2.05, 4.69) is 22.4 Å². The number of aliphatic imine (C=N–C) groups is 1. The van der Waals surface area contributed by atoms with E-state index in [9.17, 15) is 8.42 Å². The molecular formula is C17H27N3O3S. The van der Waals surface area contributed by atoms with Gasteiger partial charge in [0.15, 0.2) is 15.8 Å². The van der Waals surface area contributed by atoms with Gasteiger partial charge in [0.25, 0.3) is 0 Å². The van der Waals surface area contributed by atoms with Gasteiger partial charge in [-0.25, -0.2) is 8.42 Å². The molecule has 0 aliphatic carbocycles. The lowest BCUT2D eigenvalue weighted by molar-refractivity contribution is 0.0755. The summed E-state index contributed by atoms with van der Waals surface area (Å²) in [5.74, 6) is 0.688. The Morgan fingerprint density at radius 3 is 2.46 bits per heavy atom. The van der Waals surface area contributed by atoms with E-state index < -0.39 is 14.6 Å². The van der Waals surface area contributed by atoms with Gasteiger partial charge in [0.1, 0.15) is 0 Å². The zero-order valence-corrected chi connectivity index (χ0v) is 15.5. The Hall–Kier alpha value is -1.60. The number of ether oxygens (including phenoxy) is 1. The van der Waals surface area contributed by atoms with Gasteiger partial charge in [0.05, 0.1) is 4.75 Å². The van der Waals surface area contributed by atoms with E-state index in [1.165, 1.54) is 11.8 Å². The van der Waals surface area contributed by atoms with Crippen LogP contribution in [0.4, 0.5) is 0 Å². The highest BCUT2D eigenvalue weighted by atomic mass is 32.2.